The van der Waals surface area contributed by atoms with Crippen LogP contribution in [-0.4, -0.2) is 24.0 Å². The summed E-state index contributed by atoms with van der Waals surface area (Å²) in [5.41, 5.74) is 1.06. The Morgan fingerprint density at radius 3 is 3.00 bits per heavy atom. The number of aromatic nitrogens is 1. The monoisotopic (exact) mass is 372 g/mol. The van der Waals surface area contributed by atoms with Gasteiger partial charge in [0, 0.05) is 24.4 Å². The summed E-state index contributed by atoms with van der Waals surface area (Å²) in [6.07, 6.45) is 4.14. The number of benzene rings is 1. The zero-order chi connectivity index (χ0) is 17.1. The molecule has 1 N–H and O–H groups in total. The van der Waals surface area contributed by atoms with Gasteiger partial charge in [0.15, 0.2) is 0 Å². The van der Waals surface area contributed by atoms with Crippen LogP contribution < -0.4 is 5.32 Å². The van der Waals surface area contributed by atoms with Crippen LogP contribution in [-0.2, 0) is 11.2 Å². The largest absolute Gasteiger partial charge is 0.373 e. The van der Waals surface area contributed by atoms with E-state index in [1.54, 1.807) is 22.7 Å². The van der Waals surface area contributed by atoms with Crippen molar-refractivity contribution in [2.75, 3.05) is 13.2 Å². The molecule has 1 unspecified atom stereocenters. The van der Waals surface area contributed by atoms with Gasteiger partial charge in [-0.05, 0) is 43.5 Å². The van der Waals surface area contributed by atoms with E-state index in [9.17, 15) is 4.79 Å². The average Bonchev–Trinajstić information content (AvgIpc) is 3.37. The Morgan fingerprint density at radius 1 is 1.24 bits per heavy atom. The molecule has 3 aromatic rings. The number of carbonyl (C=O) groups excluding carboxylic acids is 1. The first-order chi connectivity index (χ1) is 12.3. The van der Waals surface area contributed by atoms with Gasteiger partial charge in [0.05, 0.1) is 26.2 Å². The van der Waals surface area contributed by atoms with Gasteiger partial charge in [-0.3, -0.25) is 4.79 Å². The summed E-state index contributed by atoms with van der Waals surface area (Å²) < 4.78 is 6.90. The number of thiazole rings is 1. The van der Waals surface area contributed by atoms with Crippen molar-refractivity contribution in [1.82, 2.24) is 10.3 Å². The van der Waals surface area contributed by atoms with Crippen molar-refractivity contribution in [3.8, 4) is 0 Å². The first-order valence-electron chi connectivity index (χ1n) is 8.63. The molecule has 6 heteroatoms. The quantitative estimate of drug-likeness (QED) is 0.645. The minimum atomic E-state index is 0.0125. The van der Waals surface area contributed by atoms with Crippen molar-refractivity contribution >= 4 is 38.8 Å². The number of nitrogens with one attached hydrogen (secondary N) is 1. The number of aryl methyl sites for hydroxylation is 1. The fraction of sp³-hybridized carbons (Fsp3) is 0.368. The number of hydrogen-bond donors (Lipinski definition) is 1. The Labute approximate surface area is 154 Å². The summed E-state index contributed by atoms with van der Waals surface area (Å²) >= 11 is 3.28. The molecule has 1 amide bonds. The van der Waals surface area contributed by atoms with Crippen LogP contribution in [0.3, 0.4) is 0 Å². The predicted octanol–water partition coefficient (Wildman–Crippen LogP) is 4.57. The number of thiophene rings is 1. The number of ether oxygens (including phenoxy) is 1. The highest BCUT2D eigenvalue weighted by molar-refractivity contribution is 7.18. The third-order valence-corrected chi connectivity index (χ3v) is 6.56. The molecule has 4 nitrogen and oxygen atoms in total. The van der Waals surface area contributed by atoms with Crippen LogP contribution in [0.2, 0.25) is 0 Å². The SMILES string of the molecule is O=C(NCCCc1nc2ccccc2s1)c1ccc(C2CCCO2)s1. The fourth-order valence-corrected chi connectivity index (χ4v) is 5.02. The van der Waals surface area contributed by atoms with Crippen LogP contribution in [0.25, 0.3) is 10.2 Å². The molecule has 4 rings (SSSR count). The topological polar surface area (TPSA) is 51.2 Å². The molecule has 1 aliphatic rings. The number of hydrogen-bond acceptors (Lipinski definition) is 5. The molecule has 0 spiro atoms. The van der Waals surface area contributed by atoms with Gasteiger partial charge in [-0.2, -0.15) is 0 Å². The highest BCUT2D eigenvalue weighted by Gasteiger charge is 2.20. The lowest BCUT2D eigenvalue weighted by molar-refractivity contribution is 0.0957. The summed E-state index contributed by atoms with van der Waals surface area (Å²) in [6, 6.07) is 12.1. The zero-order valence-corrected chi connectivity index (χ0v) is 15.5. The lowest BCUT2D eigenvalue weighted by Crippen LogP contribution is -2.23. The average molecular weight is 373 g/mol. The van der Waals surface area contributed by atoms with Crippen molar-refractivity contribution < 1.29 is 9.53 Å². The van der Waals surface area contributed by atoms with Gasteiger partial charge >= 0.3 is 0 Å². The van der Waals surface area contributed by atoms with E-state index in [2.05, 4.69) is 16.4 Å². The van der Waals surface area contributed by atoms with E-state index in [1.807, 2.05) is 30.3 Å². The number of para-hydroxylation sites is 1. The Hall–Kier alpha value is -1.76. The molecular weight excluding hydrogens is 352 g/mol. The Balaban J connectivity index is 1.26. The Bertz CT molecular complexity index is 832. The summed E-state index contributed by atoms with van der Waals surface area (Å²) in [5, 5.41) is 4.15. The third kappa shape index (κ3) is 3.92. The normalized spacial score (nSPS) is 17.2. The Morgan fingerprint density at radius 2 is 2.16 bits per heavy atom. The first-order valence-corrected chi connectivity index (χ1v) is 10.3. The molecule has 2 aromatic heterocycles. The molecule has 3 heterocycles. The lowest BCUT2D eigenvalue weighted by atomic mass is 10.2. The number of carbonyl (C=O) groups is 1. The summed E-state index contributed by atoms with van der Waals surface area (Å²) in [7, 11) is 0. The van der Waals surface area contributed by atoms with Crippen LogP contribution in [0.4, 0.5) is 0 Å². The number of rotatable bonds is 6. The van der Waals surface area contributed by atoms with Gasteiger partial charge in [0.25, 0.3) is 5.91 Å². The third-order valence-electron chi connectivity index (χ3n) is 4.29. The summed E-state index contributed by atoms with van der Waals surface area (Å²) in [6.45, 7) is 1.50. The molecule has 0 bridgehead atoms. The van der Waals surface area contributed by atoms with E-state index in [0.717, 1.165) is 52.6 Å². The van der Waals surface area contributed by atoms with Gasteiger partial charge in [-0.1, -0.05) is 12.1 Å². The molecule has 0 radical (unpaired) electrons. The van der Waals surface area contributed by atoms with Crippen LogP contribution in [0.1, 0.15) is 44.9 Å². The fourth-order valence-electron chi connectivity index (χ4n) is 3.01. The maximum Gasteiger partial charge on any atom is 0.261 e. The minimum Gasteiger partial charge on any atom is -0.373 e. The van der Waals surface area contributed by atoms with E-state index >= 15 is 0 Å². The van der Waals surface area contributed by atoms with Crippen LogP contribution >= 0.6 is 22.7 Å². The van der Waals surface area contributed by atoms with E-state index in [-0.39, 0.29) is 12.0 Å². The number of amides is 1. The summed E-state index contributed by atoms with van der Waals surface area (Å²) in [4.78, 5) is 18.8. The van der Waals surface area contributed by atoms with Gasteiger partial charge in [0.1, 0.15) is 0 Å². The maximum atomic E-state index is 12.3. The summed E-state index contributed by atoms with van der Waals surface area (Å²) in [5.74, 6) is 0.0125. The second kappa shape index (κ2) is 7.64. The highest BCUT2D eigenvalue weighted by Crippen LogP contribution is 2.33. The van der Waals surface area contributed by atoms with Crippen molar-refractivity contribution in [2.24, 2.45) is 0 Å². The van der Waals surface area contributed by atoms with Crippen LogP contribution in [0, 0.1) is 0 Å². The number of fused-ring (bicyclic) bond motifs is 1. The molecule has 1 aromatic carbocycles. The smallest absolute Gasteiger partial charge is 0.261 e. The standard InChI is InChI=1S/C19H20N2O2S2/c22-19(17-10-9-16(24-17)14-6-4-12-23-14)20-11-3-8-18-21-13-5-1-2-7-15(13)25-18/h1-2,5,7,9-10,14H,3-4,6,8,11-12H2,(H,20,22). The molecule has 1 atom stereocenters. The molecule has 25 heavy (non-hydrogen) atoms. The van der Waals surface area contributed by atoms with Crippen molar-refractivity contribution in [1.29, 1.82) is 0 Å². The lowest BCUT2D eigenvalue weighted by Gasteiger charge is -2.05. The highest BCUT2D eigenvalue weighted by atomic mass is 32.1. The van der Waals surface area contributed by atoms with Crippen molar-refractivity contribution in [3.63, 3.8) is 0 Å². The molecule has 1 saturated heterocycles. The van der Waals surface area contributed by atoms with Crippen LogP contribution in [0.5, 0.6) is 0 Å². The van der Waals surface area contributed by atoms with Gasteiger partial charge in [-0.15, -0.1) is 22.7 Å². The van der Waals surface area contributed by atoms with E-state index in [1.165, 1.54) is 4.70 Å². The second-order valence-corrected chi connectivity index (χ2v) is 8.37. The van der Waals surface area contributed by atoms with E-state index in [0.29, 0.717) is 6.54 Å². The molecule has 1 fully saturated rings. The van der Waals surface area contributed by atoms with Crippen molar-refractivity contribution in [2.45, 2.75) is 31.8 Å². The maximum absolute atomic E-state index is 12.3. The molecule has 130 valence electrons. The van der Waals surface area contributed by atoms with Gasteiger partial charge in [-0.25, -0.2) is 4.98 Å². The number of nitrogens with zero attached hydrogens (tertiary/aromatic N) is 1. The van der Waals surface area contributed by atoms with E-state index in [4.69, 9.17) is 4.74 Å². The molecule has 0 saturated carbocycles. The molecule has 1 aliphatic heterocycles. The van der Waals surface area contributed by atoms with Gasteiger partial charge < -0.3 is 10.1 Å². The molecule has 0 aliphatic carbocycles. The zero-order valence-electron chi connectivity index (χ0n) is 13.9. The van der Waals surface area contributed by atoms with Gasteiger partial charge in [0.2, 0.25) is 0 Å². The molecular formula is C19H20N2O2S2. The van der Waals surface area contributed by atoms with Crippen molar-refractivity contribution in [3.05, 3.63) is 51.2 Å². The Kier molecular flexibility index (Phi) is 5.10. The second-order valence-electron chi connectivity index (χ2n) is 6.14. The first kappa shape index (κ1) is 16.7. The van der Waals surface area contributed by atoms with E-state index < -0.39 is 0 Å². The minimum absolute atomic E-state index is 0.0125. The predicted molar refractivity (Wildman–Crippen MR) is 103 cm³/mol. The van der Waals surface area contributed by atoms with Crippen LogP contribution in [0.15, 0.2) is 36.4 Å².